The molecule has 1 saturated heterocycles. The van der Waals surface area contributed by atoms with Gasteiger partial charge in [-0.25, -0.2) is 0 Å². The maximum absolute atomic E-state index is 12.1. The highest BCUT2D eigenvalue weighted by molar-refractivity contribution is 5.77. The average Bonchev–Trinajstić information content (AvgIpc) is 3.01. The van der Waals surface area contributed by atoms with Crippen molar-refractivity contribution >= 4 is 11.6 Å². The van der Waals surface area contributed by atoms with Gasteiger partial charge in [0.15, 0.2) is 0 Å². The van der Waals surface area contributed by atoms with Crippen molar-refractivity contribution in [3.05, 3.63) is 24.3 Å². The molecule has 0 saturated carbocycles. The number of amides is 1. The molecule has 1 aliphatic heterocycles. The molecule has 0 radical (unpaired) electrons. The topological polar surface area (TPSA) is 67.6 Å². The molecule has 1 aromatic carbocycles. The van der Waals surface area contributed by atoms with E-state index >= 15 is 0 Å². The van der Waals surface area contributed by atoms with Gasteiger partial charge < -0.3 is 20.7 Å². The number of hydrogen-bond donors (Lipinski definition) is 2. The minimum absolute atomic E-state index is 0.0461. The minimum Gasteiger partial charge on any atom is -0.497 e. The molecule has 2 rings (SSSR count). The van der Waals surface area contributed by atoms with E-state index in [1.54, 1.807) is 7.11 Å². The van der Waals surface area contributed by atoms with Crippen molar-refractivity contribution in [1.29, 1.82) is 0 Å². The van der Waals surface area contributed by atoms with E-state index in [4.69, 9.17) is 10.5 Å². The molecule has 1 fully saturated rings. The maximum atomic E-state index is 12.1. The summed E-state index contributed by atoms with van der Waals surface area (Å²) in [5, 5.41) is 3.31. The zero-order chi connectivity index (χ0) is 14.4. The molecule has 110 valence electrons. The molecule has 0 aliphatic carbocycles. The highest BCUT2D eigenvalue weighted by atomic mass is 16.5. The number of hydrogen-bond acceptors (Lipinski definition) is 4. The first-order chi connectivity index (χ1) is 9.72. The first-order valence-corrected chi connectivity index (χ1v) is 7.11. The number of ether oxygens (including phenoxy) is 1. The molecule has 0 bridgehead atoms. The SMILES string of the molecule is COc1cccc(NC(CN)CC(=O)N2CCCC2)c1. The third-order valence-electron chi connectivity index (χ3n) is 3.60. The van der Waals surface area contributed by atoms with Crippen LogP contribution in [0.3, 0.4) is 0 Å². The van der Waals surface area contributed by atoms with Crippen molar-refractivity contribution in [2.75, 3.05) is 32.1 Å². The second kappa shape index (κ2) is 7.14. The van der Waals surface area contributed by atoms with E-state index in [1.165, 1.54) is 0 Å². The van der Waals surface area contributed by atoms with E-state index in [2.05, 4.69) is 5.32 Å². The van der Waals surface area contributed by atoms with Crippen LogP contribution in [0, 0.1) is 0 Å². The molecule has 1 amide bonds. The molecule has 0 spiro atoms. The Morgan fingerprint density at radius 2 is 2.20 bits per heavy atom. The fourth-order valence-corrected chi connectivity index (χ4v) is 2.45. The van der Waals surface area contributed by atoms with Gasteiger partial charge >= 0.3 is 0 Å². The third kappa shape index (κ3) is 3.87. The van der Waals surface area contributed by atoms with Crippen LogP contribution in [0.4, 0.5) is 5.69 Å². The number of nitrogens with one attached hydrogen (secondary N) is 1. The van der Waals surface area contributed by atoms with Crippen LogP contribution in [0.1, 0.15) is 19.3 Å². The summed E-state index contributed by atoms with van der Waals surface area (Å²) >= 11 is 0. The Bertz CT molecular complexity index is 444. The molecule has 1 aliphatic rings. The Balaban J connectivity index is 1.92. The predicted octanol–water partition coefficient (Wildman–Crippen LogP) is 1.45. The summed E-state index contributed by atoms with van der Waals surface area (Å²) in [5.74, 6) is 0.977. The summed E-state index contributed by atoms with van der Waals surface area (Å²) < 4.78 is 5.19. The van der Waals surface area contributed by atoms with Gasteiger partial charge in [0.05, 0.1) is 7.11 Å². The Labute approximate surface area is 120 Å². The van der Waals surface area contributed by atoms with E-state index < -0.39 is 0 Å². The van der Waals surface area contributed by atoms with Gasteiger partial charge in [-0.2, -0.15) is 0 Å². The summed E-state index contributed by atoms with van der Waals surface area (Å²) in [6.07, 6.45) is 2.67. The van der Waals surface area contributed by atoms with Crippen molar-refractivity contribution in [2.24, 2.45) is 5.73 Å². The van der Waals surface area contributed by atoms with E-state index in [1.807, 2.05) is 29.2 Å². The molecular weight excluding hydrogens is 254 g/mol. The molecule has 1 aromatic rings. The smallest absolute Gasteiger partial charge is 0.224 e. The second-order valence-electron chi connectivity index (χ2n) is 5.10. The predicted molar refractivity (Wildman–Crippen MR) is 79.9 cm³/mol. The van der Waals surface area contributed by atoms with Crippen LogP contribution >= 0.6 is 0 Å². The molecule has 0 aromatic heterocycles. The first kappa shape index (κ1) is 14.7. The lowest BCUT2D eigenvalue weighted by Gasteiger charge is -2.22. The largest absolute Gasteiger partial charge is 0.497 e. The number of methoxy groups -OCH3 is 1. The molecular formula is C15H23N3O2. The van der Waals surface area contributed by atoms with Crippen LogP contribution in [0.25, 0.3) is 0 Å². The zero-order valence-electron chi connectivity index (χ0n) is 12.0. The quantitative estimate of drug-likeness (QED) is 0.826. The van der Waals surface area contributed by atoms with Crippen LogP contribution in [-0.2, 0) is 4.79 Å². The number of nitrogens with zero attached hydrogens (tertiary/aromatic N) is 1. The third-order valence-corrected chi connectivity index (χ3v) is 3.60. The molecule has 1 unspecified atom stereocenters. The van der Waals surface area contributed by atoms with Crippen LogP contribution in [0.2, 0.25) is 0 Å². The number of benzene rings is 1. The lowest BCUT2D eigenvalue weighted by molar-refractivity contribution is -0.130. The van der Waals surface area contributed by atoms with E-state index in [9.17, 15) is 4.79 Å². The summed E-state index contributed by atoms with van der Waals surface area (Å²) in [7, 11) is 1.64. The van der Waals surface area contributed by atoms with Crippen molar-refractivity contribution in [3.63, 3.8) is 0 Å². The van der Waals surface area contributed by atoms with Gasteiger partial charge in [-0.05, 0) is 25.0 Å². The summed E-state index contributed by atoms with van der Waals surface area (Å²) in [4.78, 5) is 14.1. The van der Waals surface area contributed by atoms with E-state index in [-0.39, 0.29) is 11.9 Å². The normalized spacial score (nSPS) is 16.0. The molecule has 5 nitrogen and oxygen atoms in total. The number of rotatable bonds is 6. The Morgan fingerprint density at radius 3 is 2.85 bits per heavy atom. The minimum atomic E-state index is -0.0461. The molecule has 3 N–H and O–H groups in total. The molecule has 1 heterocycles. The number of likely N-dealkylation sites (tertiary alicyclic amines) is 1. The van der Waals surface area contributed by atoms with Crippen LogP contribution < -0.4 is 15.8 Å². The van der Waals surface area contributed by atoms with Crippen molar-refractivity contribution < 1.29 is 9.53 Å². The Hall–Kier alpha value is -1.75. The fourth-order valence-electron chi connectivity index (χ4n) is 2.45. The molecule has 5 heteroatoms. The van der Waals surface area contributed by atoms with Gasteiger partial charge in [-0.1, -0.05) is 6.07 Å². The Morgan fingerprint density at radius 1 is 1.45 bits per heavy atom. The number of nitrogens with two attached hydrogens (primary N) is 1. The lowest BCUT2D eigenvalue weighted by Crippen LogP contribution is -2.37. The van der Waals surface area contributed by atoms with Crippen LogP contribution in [0.15, 0.2) is 24.3 Å². The van der Waals surface area contributed by atoms with Crippen molar-refractivity contribution in [1.82, 2.24) is 4.90 Å². The van der Waals surface area contributed by atoms with Crippen molar-refractivity contribution in [2.45, 2.75) is 25.3 Å². The average molecular weight is 277 g/mol. The zero-order valence-corrected chi connectivity index (χ0v) is 12.0. The molecule has 1 atom stereocenters. The Kier molecular flexibility index (Phi) is 5.24. The highest BCUT2D eigenvalue weighted by Gasteiger charge is 2.21. The van der Waals surface area contributed by atoms with Gasteiger partial charge in [0.25, 0.3) is 0 Å². The summed E-state index contributed by atoms with van der Waals surface area (Å²) in [5.41, 5.74) is 6.70. The van der Waals surface area contributed by atoms with Crippen LogP contribution in [0.5, 0.6) is 5.75 Å². The van der Waals surface area contributed by atoms with Gasteiger partial charge in [0.1, 0.15) is 5.75 Å². The van der Waals surface area contributed by atoms with Gasteiger partial charge in [-0.3, -0.25) is 4.79 Å². The maximum Gasteiger partial charge on any atom is 0.224 e. The monoisotopic (exact) mass is 277 g/mol. The first-order valence-electron chi connectivity index (χ1n) is 7.11. The van der Waals surface area contributed by atoms with E-state index in [0.29, 0.717) is 13.0 Å². The number of anilines is 1. The van der Waals surface area contributed by atoms with Crippen molar-refractivity contribution in [3.8, 4) is 5.75 Å². The van der Waals surface area contributed by atoms with Crippen LogP contribution in [-0.4, -0.2) is 43.6 Å². The van der Waals surface area contributed by atoms with Gasteiger partial charge in [0.2, 0.25) is 5.91 Å². The second-order valence-corrected chi connectivity index (χ2v) is 5.10. The lowest BCUT2D eigenvalue weighted by atomic mass is 10.1. The number of carbonyl (C=O) groups excluding carboxylic acids is 1. The van der Waals surface area contributed by atoms with Gasteiger partial charge in [-0.15, -0.1) is 0 Å². The van der Waals surface area contributed by atoms with E-state index in [0.717, 1.165) is 37.4 Å². The number of carbonyl (C=O) groups is 1. The highest BCUT2D eigenvalue weighted by Crippen LogP contribution is 2.18. The fraction of sp³-hybridized carbons (Fsp3) is 0.533. The summed E-state index contributed by atoms with van der Waals surface area (Å²) in [6.45, 7) is 2.20. The molecule has 20 heavy (non-hydrogen) atoms. The standard InChI is InChI=1S/C15H23N3O2/c1-20-14-6-4-5-12(9-14)17-13(11-16)10-15(19)18-7-2-3-8-18/h4-6,9,13,17H,2-3,7-8,10-11,16H2,1H3. The van der Waals surface area contributed by atoms with Gasteiger partial charge in [0, 0.05) is 43.9 Å². The summed E-state index contributed by atoms with van der Waals surface area (Å²) in [6, 6.07) is 7.61.